The molecule has 1 aliphatic rings. The third-order valence-corrected chi connectivity index (χ3v) is 4.01. The van der Waals surface area contributed by atoms with Gasteiger partial charge in [-0.1, -0.05) is 23.4 Å². The van der Waals surface area contributed by atoms with Crippen molar-refractivity contribution in [3.63, 3.8) is 0 Å². The molecule has 2 aromatic rings. The van der Waals surface area contributed by atoms with Gasteiger partial charge in [-0.05, 0) is 11.6 Å². The smallest absolute Gasteiger partial charge is 0.231 e. The number of carbonyl (C=O) groups excluding carboxylic acids is 1. The van der Waals surface area contributed by atoms with E-state index in [2.05, 4.69) is 15.5 Å². The molecule has 7 nitrogen and oxygen atoms in total. The highest BCUT2D eigenvalue weighted by Crippen LogP contribution is 2.27. The van der Waals surface area contributed by atoms with Crippen molar-refractivity contribution in [1.82, 2.24) is 15.4 Å². The molecular formula is C17H22IN5O2. The van der Waals surface area contributed by atoms with Crippen LogP contribution in [0.3, 0.4) is 0 Å². The van der Waals surface area contributed by atoms with Crippen molar-refractivity contribution in [2.24, 2.45) is 4.99 Å². The molecule has 1 aliphatic heterocycles. The molecule has 0 atom stereocenters. The first-order valence-corrected chi connectivity index (χ1v) is 7.88. The SMILES string of the molecule is CN=C(NCCN1C(=O)Cc2ccccc21)N(C)Cc1ccon1.I. The summed E-state index contributed by atoms with van der Waals surface area (Å²) in [5.74, 6) is 0.891. The minimum Gasteiger partial charge on any atom is -0.364 e. The van der Waals surface area contributed by atoms with Crippen LogP contribution in [-0.2, 0) is 17.8 Å². The van der Waals surface area contributed by atoms with Gasteiger partial charge in [0, 0.05) is 38.9 Å². The van der Waals surface area contributed by atoms with Crippen LogP contribution in [0.1, 0.15) is 11.3 Å². The fraction of sp³-hybridized carbons (Fsp3) is 0.353. The van der Waals surface area contributed by atoms with Crippen LogP contribution in [-0.4, -0.2) is 49.1 Å². The van der Waals surface area contributed by atoms with Crippen LogP contribution in [0.15, 0.2) is 46.1 Å². The van der Waals surface area contributed by atoms with Crippen LogP contribution in [0.25, 0.3) is 0 Å². The number of para-hydroxylation sites is 1. The summed E-state index contributed by atoms with van der Waals surface area (Å²) in [6.07, 6.45) is 2.03. The Hall–Kier alpha value is -2.10. The normalized spacial score (nSPS) is 13.4. The molecule has 0 unspecified atom stereocenters. The van der Waals surface area contributed by atoms with Gasteiger partial charge in [-0.2, -0.15) is 0 Å². The first kappa shape index (κ1) is 19.2. The number of nitrogens with one attached hydrogen (secondary N) is 1. The zero-order chi connectivity index (χ0) is 16.9. The number of nitrogens with zero attached hydrogens (tertiary/aromatic N) is 4. The number of hydrogen-bond donors (Lipinski definition) is 1. The minimum atomic E-state index is 0. The van der Waals surface area contributed by atoms with Crippen LogP contribution in [0.4, 0.5) is 5.69 Å². The summed E-state index contributed by atoms with van der Waals surface area (Å²) in [4.78, 5) is 20.2. The van der Waals surface area contributed by atoms with Gasteiger partial charge in [0.25, 0.3) is 0 Å². The van der Waals surface area contributed by atoms with E-state index in [9.17, 15) is 4.79 Å². The number of aromatic nitrogens is 1. The molecule has 1 aromatic carbocycles. The summed E-state index contributed by atoms with van der Waals surface area (Å²) < 4.78 is 4.84. The Morgan fingerprint density at radius 1 is 1.40 bits per heavy atom. The largest absolute Gasteiger partial charge is 0.364 e. The second kappa shape index (κ2) is 8.84. The van der Waals surface area contributed by atoms with Crippen molar-refractivity contribution in [2.75, 3.05) is 32.1 Å². The lowest BCUT2D eigenvalue weighted by Crippen LogP contribution is -2.43. The molecule has 1 aromatic heterocycles. The quantitative estimate of drug-likeness (QED) is 0.424. The van der Waals surface area contributed by atoms with Gasteiger partial charge in [0.2, 0.25) is 5.91 Å². The minimum absolute atomic E-state index is 0. The summed E-state index contributed by atoms with van der Waals surface area (Å²) in [5, 5.41) is 7.18. The Morgan fingerprint density at radius 3 is 2.92 bits per heavy atom. The number of carbonyl (C=O) groups is 1. The Balaban J connectivity index is 0.00000225. The number of aliphatic imine (C=N–C) groups is 1. The number of rotatable bonds is 5. The molecule has 0 saturated heterocycles. The Bertz CT molecular complexity index is 732. The Morgan fingerprint density at radius 2 is 2.20 bits per heavy atom. The first-order chi connectivity index (χ1) is 11.7. The summed E-state index contributed by atoms with van der Waals surface area (Å²) in [5.41, 5.74) is 2.94. The average molecular weight is 455 g/mol. The fourth-order valence-corrected chi connectivity index (χ4v) is 2.86. The Kier molecular flexibility index (Phi) is 6.80. The van der Waals surface area contributed by atoms with E-state index in [1.54, 1.807) is 13.3 Å². The highest BCUT2D eigenvalue weighted by molar-refractivity contribution is 14.0. The average Bonchev–Trinajstić information content (AvgIpc) is 3.19. The number of amides is 1. The summed E-state index contributed by atoms with van der Waals surface area (Å²) in [6, 6.07) is 9.75. The van der Waals surface area contributed by atoms with Crippen molar-refractivity contribution in [2.45, 2.75) is 13.0 Å². The predicted molar refractivity (Wildman–Crippen MR) is 107 cm³/mol. The lowest BCUT2D eigenvalue weighted by molar-refractivity contribution is -0.117. The molecule has 25 heavy (non-hydrogen) atoms. The summed E-state index contributed by atoms with van der Waals surface area (Å²) in [7, 11) is 3.66. The number of benzene rings is 1. The van der Waals surface area contributed by atoms with Crippen LogP contribution in [0.5, 0.6) is 0 Å². The first-order valence-electron chi connectivity index (χ1n) is 7.88. The van der Waals surface area contributed by atoms with Crippen LogP contribution < -0.4 is 10.2 Å². The number of halogens is 1. The number of anilines is 1. The van der Waals surface area contributed by atoms with E-state index in [1.165, 1.54) is 0 Å². The second-order valence-corrected chi connectivity index (χ2v) is 5.67. The maximum atomic E-state index is 12.2. The van der Waals surface area contributed by atoms with Gasteiger partial charge in [-0.25, -0.2) is 0 Å². The second-order valence-electron chi connectivity index (χ2n) is 5.67. The Labute approximate surface area is 164 Å². The number of guanidine groups is 1. The molecule has 3 rings (SSSR count). The van der Waals surface area contributed by atoms with Gasteiger partial charge in [0.1, 0.15) is 12.0 Å². The molecule has 0 bridgehead atoms. The van der Waals surface area contributed by atoms with E-state index in [0.717, 1.165) is 22.9 Å². The van der Waals surface area contributed by atoms with E-state index in [-0.39, 0.29) is 29.9 Å². The molecule has 0 radical (unpaired) electrons. The van der Waals surface area contributed by atoms with Crippen molar-refractivity contribution >= 4 is 41.5 Å². The summed E-state index contributed by atoms with van der Waals surface area (Å²) >= 11 is 0. The molecular weight excluding hydrogens is 433 g/mol. The van der Waals surface area contributed by atoms with E-state index >= 15 is 0 Å². The molecule has 2 heterocycles. The van der Waals surface area contributed by atoms with Crippen LogP contribution in [0, 0.1) is 0 Å². The molecule has 8 heteroatoms. The van der Waals surface area contributed by atoms with Crippen LogP contribution in [0.2, 0.25) is 0 Å². The van der Waals surface area contributed by atoms with Crippen LogP contribution >= 0.6 is 24.0 Å². The zero-order valence-corrected chi connectivity index (χ0v) is 16.6. The zero-order valence-electron chi connectivity index (χ0n) is 14.3. The number of hydrogen-bond acceptors (Lipinski definition) is 4. The van der Waals surface area contributed by atoms with Gasteiger partial charge >= 0.3 is 0 Å². The van der Waals surface area contributed by atoms with Gasteiger partial charge in [-0.3, -0.25) is 9.79 Å². The monoisotopic (exact) mass is 455 g/mol. The van der Waals surface area contributed by atoms with Crippen molar-refractivity contribution in [1.29, 1.82) is 0 Å². The fourth-order valence-electron chi connectivity index (χ4n) is 2.86. The highest BCUT2D eigenvalue weighted by atomic mass is 127. The van der Waals surface area contributed by atoms with E-state index in [0.29, 0.717) is 26.1 Å². The van der Waals surface area contributed by atoms with E-state index in [1.807, 2.05) is 47.2 Å². The van der Waals surface area contributed by atoms with Gasteiger partial charge < -0.3 is 19.6 Å². The molecule has 134 valence electrons. The molecule has 1 N–H and O–H groups in total. The van der Waals surface area contributed by atoms with Gasteiger partial charge in [-0.15, -0.1) is 24.0 Å². The highest BCUT2D eigenvalue weighted by Gasteiger charge is 2.26. The maximum absolute atomic E-state index is 12.2. The molecule has 0 saturated carbocycles. The van der Waals surface area contributed by atoms with Crippen molar-refractivity contribution in [3.05, 3.63) is 47.9 Å². The molecule has 0 aliphatic carbocycles. The van der Waals surface area contributed by atoms with E-state index < -0.39 is 0 Å². The van der Waals surface area contributed by atoms with Crippen molar-refractivity contribution < 1.29 is 9.32 Å². The number of fused-ring (bicyclic) bond motifs is 1. The maximum Gasteiger partial charge on any atom is 0.231 e. The summed E-state index contributed by atoms with van der Waals surface area (Å²) in [6.45, 7) is 1.82. The van der Waals surface area contributed by atoms with Gasteiger partial charge in [0.05, 0.1) is 13.0 Å². The molecule has 0 fully saturated rings. The molecule has 0 spiro atoms. The molecule has 1 amide bonds. The van der Waals surface area contributed by atoms with E-state index in [4.69, 9.17) is 4.52 Å². The lowest BCUT2D eigenvalue weighted by atomic mass is 10.2. The lowest BCUT2D eigenvalue weighted by Gasteiger charge is -2.23. The van der Waals surface area contributed by atoms with Crippen molar-refractivity contribution in [3.8, 4) is 0 Å². The predicted octanol–water partition coefficient (Wildman–Crippen LogP) is 1.89. The third-order valence-electron chi connectivity index (χ3n) is 4.01. The van der Waals surface area contributed by atoms with Gasteiger partial charge in [0.15, 0.2) is 5.96 Å². The standard InChI is InChI=1S/C17H21N5O2.HI/c1-18-17(21(2)12-14-7-10-24-20-14)19-8-9-22-15-6-4-3-5-13(15)11-16(22)23;/h3-7,10H,8-9,11-12H2,1-2H3,(H,18,19);1H. The topological polar surface area (TPSA) is 74.0 Å². The third kappa shape index (κ3) is 4.50.